The smallest absolute Gasteiger partial charge is 0.330 e. The molecule has 2 rings (SSSR count). The van der Waals surface area contributed by atoms with E-state index in [4.69, 9.17) is 9.15 Å². The lowest BCUT2D eigenvalue weighted by Crippen LogP contribution is -2.05. The molecule has 1 aromatic heterocycles. The minimum absolute atomic E-state index is 0.0219. The zero-order valence-electron chi connectivity index (χ0n) is 10.3. The Morgan fingerprint density at radius 3 is 3.00 bits per heavy atom. The Bertz CT molecular complexity index is 697. The van der Waals surface area contributed by atoms with Crippen LogP contribution in [0, 0.1) is 0 Å². The molecule has 0 aliphatic rings. The maximum Gasteiger partial charge on any atom is 0.330 e. The predicted molar refractivity (Wildman–Crippen MR) is 69.8 cm³/mol. The number of carbonyl (C=O) groups excluding carboxylic acids is 1. The molecule has 98 valence electrons. The molecule has 1 N–H and O–H groups in total. The first-order valence-corrected chi connectivity index (χ1v) is 5.71. The first kappa shape index (κ1) is 12.9. The fourth-order valence-electron chi connectivity index (χ4n) is 1.60. The van der Waals surface area contributed by atoms with Crippen molar-refractivity contribution in [2.24, 2.45) is 0 Å². The highest BCUT2D eigenvalue weighted by atomic mass is 16.5. The number of phenolic OH excluding ortho intramolecular Hbond substituents is 1. The molecule has 2 aromatic rings. The van der Waals surface area contributed by atoms with E-state index in [0.717, 1.165) is 6.08 Å². The number of hydrogen-bond donors (Lipinski definition) is 1. The molecule has 0 saturated heterocycles. The fourth-order valence-corrected chi connectivity index (χ4v) is 1.60. The molecule has 0 bridgehead atoms. The summed E-state index contributed by atoms with van der Waals surface area (Å²) in [6, 6.07) is 4.26. The molecule has 1 heterocycles. The van der Waals surface area contributed by atoms with E-state index in [2.05, 4.69) is 0 Å². The van der Waals surface area contributed by atoms with Crippen molar-refractivity contribution in [3.8, 4) is 5.75 Å². The number of ether oxygens (including phenoxy) is 1. The predicted octanol–water partition coefficient (Wildman–Crippen LogP) is 2.07. The average molecular weight is 260 g/mol. The van der Waals surface area contributed by atoms with E-state index in [9.17, 15) is 14.7 Å². The molecule has 0 aliphatic carbocycles. The van der Waals surface area contributed by atoms with Crippen molar-refractivity contribution in [2.75, 3.05) is 6.61 Å². The van der Waals surface area contributed by atoms with Gasteiger partial charge in [-0.05, 0) is 31.2 Å². The lowest BCUT2D eigenvalue weighted by molar-refractivity contribution is -0.137. The van der Waals surface area contributed by atoms with Crippen molar-refractivity contribution in [1.82, 2.24) is 0 Å². The Kier molecular flexibility index (Phi) is 3.66. The zero-order chi connectivity index (χ0) is 13.8. The van der Waals surface area contributed by atoms with Crippen molar-refractivity contribution in [3.63, 3.8) is 0 Å². The van der Waals surface area contributed by atoms with Gasteiger partial charge in [0.15, 0.2) is 5.43 Å². The molecule has 0 fully saturated rings. The Morgan fingerprint density at radius 1 is 1.47 bits per heavy atom. The van der Waals surface area contributed by atoms with Gasteiger partial charge in [0, 0.05) is 6.08 Å². The summed E-state index contributed by atoms with van der Waals surface area (Å²) in [7, 11) is 0. The number of rotatable bonds is 3. The molecular weight excluding hydrogens is 248 g/mol. The van der Waals surface area contributed by atoms with Gasteiger partial charge in [0.2, 0.25) is 0 Å². The van der Waals surface area contributed by atoms with Crippen LogP contribution in [0.5, 0.6) is 5.75 Å². The first-order valence-electron chi connectivity index (χ1n) is 5.71. The Labute approximate surface area is 108 Å². The summed E-state index contributed by atoms with van der Waals surface area (Å²) in [5.41, 5.74) is 0.264. The summed E-state index contributed by atoms with van der Waals surface area (Å²) in [6.45, 7) is 1.96. The highest BCUT2D eigenvalue weighted by molar-refractivity contribution is 5.88. The van der Waals surface area contributed by atoms with Gasteiger partial charge in [0.25, 0.3) is 0 Å². The van der Waals surface area contributed by atoms with E-state index in [1.807, 2.05) is 0 Å². The van der Waals surface area contributed by atoms with Gasteiger partial charge in [-0.15, -0.1) is 0 Å². The molecule has 0 saturated carbocycles. The highest BCUT2D eigenvalue weighted by Gasteiger charge is 2.06. The number of carbonyl (C=O) groups is 1. The monoisotopic (exact) mass is 260 g/mol. The lowest BCUT2D eigenvalue weighted by atomic mass is 10.1. The minimum Gasteiger partial charge on any atom is -0.508 e. The Morgan fingerprint density at radius 2 is 2.26 bits per heavy atom. The van der Waals surface area contributed by atoms with Crippen molar-refractivity contribution in [3.05, 3.63) is 46.3 Å². The third kappa shape index (κ3) is 2.82. The molecule has 0 atom stereocenters. The summed E-state index contributed by atoms with van der Waals surface area (Å²) in [5, 5.41) is 9.62. The van der Waals surface area contributed by atoms with E-state index in [0.29, 0.717) is 5.58 Å². The number of phenols is 1. The van der Waals surface area contributed by atoms with Gasteiger partial charge in [0.1, 0.15) is 17.6 Å². The molecule has 5 heteroatoms. The van der Waals surface area contributed by atoms with Gasteiger partial charge in [-0.1, -0.05) is 0 Å². The SMILES string of the molecule is CCOC(=O)/C=C/c1coc2ccc(O)cc2c1=O. The Balaban J connectivity index is 2.43. The van der Waals surface area contributed by atoms with Crippen LogP contribution in [0.2, 0.25) is 0 Å². The largest absolute Gasteiger partial charge is 0.508 e. The molecule has 1 aromatic carbocycles. The van der Waals surface area contributed by atoms with E-state index >= 15 is 0 Å². The number of hydrogen-bond acceptors (Lipinski definition) is 5. The fraction of sp³-hybridized carbons (Fsp3) is 0.143. The summed E-state index contributed by atoms with van der Waals surface area (Å²) in [4.78, 5) is 23.2. The summed E-state index contributed by atoms with van der Waals surface area (Å²) >= 11 is 0. The molecular formula is C14H12O5. The Hall–Kier alpha value is -2.56. The number of esters is 1. The highest BCUT2D eigenvalue weighted by Crippen LogP contribution is 2.17. The number of aromatic hydroxyl groups is 1. The molecule has 0 unspecified atom stereocenters. The second kappa shape index (κ2) is 5.39. The third-order valence-corrected chi connectivity index (χ3v) is 2.47. The van der Waals surface area contributed by atoms with Crippen LogP contribution < -0.4 is 5.43 Å². The van der Waals surface area contributed by atoms with Gasteiger partial charge in [0.05, 0.1) is 17.6 Å². The van der Waals surface area contributed by atoms with Crippen molar-refractivity contribution in [2.45, 2.75) is 6.92 Å². The van der Waals surface area contributed by atoms with Crippen LogP contribution in [-0.2, 0) is 9.53 Å². The first-order chi connectivity index (χ1) is 9.11. The van der Waals surface area contributed by atoms with E-state index in [-0.39, 0.29) is 28.7 Å². The second-order valence-electron chi connectivity index (χ2n) is 3.79. The van der Waals surface area contributed by atoms with Crippen LogP contribution in [0.15, 0.2) is 39.7 Å². The maximum absolute atomic E-state index is 12.1. The van der Waals surface area contributed by atoms with Crippen LogP contribution in [0.25, 0.3) is 17.0 Å². The van der Waals surface area contributed by atoms with Crippen molar-refractivity contribution in [1.29, 1.82) is 0 Å². The zero-order valence-corrected chi connectivity index (χ0v) is 10.3. The van der Waals surface area contributed by atoms with Crippen LogP contribution in [0.4, 0.5) is 0 Å². The maximum atomic E-state index is 12.1. The van der Waals surface area contributed by atoms with Crippen LogP contribution >= 0.6 is 0 Å². The molecule has 19 heavy (non-hydrogen) atoms. The summed E-state index contributed by atoms with van der Waals surface area (Å²) in [6.07, 6.45) is 3.75. The molecule has 0 radical (unpaired) electrons. The normalized spacial score (nSPS) is 11.0. The topological polar surface area (TPSA) is 76.7 Å². The van der Waals surface area contributed by atoms with Crippen molar-refractivity contribution < 1.29 is 19.1 Å². The second-order valence-corrected chi connectivity index (χ2v) is 3.79. The van der Waals surface area contributed by atoms with Crippen LogP contribution in [0.3, 0.4) is 0 Å². The van der Waals surface area contributed by atoms with Crippen molar-refractivity contribution >= 4 is 23.0 Å². The third-order valence-electron chi connectivity index (χ3n) is 2.47. The van der Waals surface area contributed by atoms with Gasteiger partial charge in [-0.25, -0.2) is 4.79 Å². The number of benzene rings is 1. The molecule has 5 nitrogen and oxygen atoms in total. The average Bonchev–Trinajstić information content (AvgIpc) is 2.39. The van der Waals surface area contributed by atoms with Gasteiger partial charge < -0.3 is 14.3 Å². The molecule has 0 amide bonds. The molecule has 0 aliphatic heterocycles. The standard InChI is InChI=1S/C14H12O5/c1-2-18-13(16)6-3-9-8-19-12-5-4-10(15)7-11(12)14(9)17/h3-8,15H,2H2,1H3/b6-3+. The summed E-state index contributed by atoms with van der Waals surface area (Å²) < 4.78 is 9.97. The van der Waals surface area contributed by atoms with Gasteiger partial charge >= 0.3 is 5.97 Å². The van der Waals surface area contributed by atoms with Gasteiger partial charge in [-0.3, -0.25) is 4.79 Å². The minimum atomic E-state index is -0.530. The lowest BCUT2D eigenvalue weighted by Gasteiger charge is -1.99. The quantitative estimate of drug-likeness (QED) is 0.675. The van der Waals surface area contributed by atoms with E-state index in [1.165, 1.54) is 30.5 Å². The van der Waals surface area contributed by atoms with E-state index in [1.54, 1.807) is 6.92 Å². The van der Waals surface area contributed by atoms with Crippen LogP contribution in [0.1, 0.15) is 12.5 Å². The van der Waals surface area contributed by atoms with Crippen LogP contribution in [-0.4, -0.2) is 17.7 Å². The van der Waals surface area contributed by atoms with E-state index < -0.39 is 5.97 Å². The summed E-state index contributed by atoms with van der Waals surface area (Å²) in [5.74, 6) is -0.552. The van der Waals surface area contributed by atoms with Gasteiger partial charge in [-0.2, -0.15) is 0 Å². The number of fused-ring (bicyclic) bond motifs is 1. The molecule has 0 spiro atoms.